The van der Waals surface area contributed by atoms with Gasteiger partial charge in [0.25, 0.3) is 5.91 Å². The first-order valence-corrected chi connectivity index (χ1v) is 8.00. The van der Waals surface area contributed by atoms with E-state index in [1.807, 2.05) is 30.3 Å². The van der Waals surface area contributed by atoms with Crippen molar-refractivity contribution in [2.75, 3.05) is 26.4 Å². The van der Waals surface area contributed by atoms with E-state index in [-0.39, 0.29) is 13.2 Å². The average Bonchev–Trinajstić information content (AvgIpc) is 2.63. The minimum Gasteiger partial charge on any atom is -0.492 e. The third-order valence-electron chi connectivity index (χ3n) is 2.95. The van der Waals surface area contributed by atoms with Crippen LogP contribution in [0.25, 0.3) is 0 Å². The van der Waals surface area contributed by atoms with Crippen molar-refractivity contribution in [3.05, 3.63) is 59.6 Å². The Balaban J connectivity index is 1.55. The molecule has 25 heavy (non-hydrogen) atoms. The Bertz CT molecular complexity index is 693. The molecule has 2 aromatic rings. The second-order valence-corrected chi connectivity index (χ2v) is 5.35. The Kier molecular flexibility index (Phi) is 7.59. The average molecular weight is 364 g/mol. The standard InChI is InChI=1S/C18H18ClNO5/c19-14-5-4-8-16(11-14)24-13-18(22)25-12-17(21)20-9-10-23-15-6-2-1-3-7-15/h1-8,11H,9-10,12-13H2,(H,20,21). The normalized spacial score (nSPS) is 9.96. The first kappa shape index (κ1) is 18.6. The van der Waals surface area contributed by atoms with Crippen LogP contribution >= 0.6 is 11.6 Å². The number of hydrogen-bond donors (Lipinski definition) is 1. The molecule has 0 heterocycles. The number of carbonyl (C=O) groups is 2. The molecule has 0 aliphatic rings. The van der Waals surface area contributed by atoms with Gasteiger partial charge in [0, 0.05) is 5.02 Å². The van der Waals surface area contributed by atoms with Gasteiger partial charge in [-0.25, -0.2) is 4.79 Å². The highest BCUT2D eigenvalue weighted by Gasteiger charge is 2.08. The highest BCUT2D eigenvalue weighted by molar-refractivity contribution is 6.30. The highest BCUT2D eigenvalue weighted by Crippen LogP contribution is 2.16. The molecular formula is C18H18ClNO5. The predicted octanol–water partition coefficient (Wildman–Crippen LogP) is 2.46. The molecule has 0 aliphatic carbocycles. The van der Waals surface area contributed by atoms with Crippen LogP contribution in [-0.4, -0.2) is 38.2 Å². The van der Waals surface area contributed by atoms with Gasteiger partial charge in [-0.05, 0) is 30.3 Å². The molecule has 0 aliphatic heterocycles. The van der Waals surface area contributed by atoms with Crippen LogP contribution in [0, 0.1) is 0 Å². The van der Waals surface area contributed by atoms with Crippen molar-refractivity contribution in [1.82, 2.24) is 5.32 Å². The van der Waals surface area contributed by atoms with Gasteiger partial charge in [-0.2, -0.15) is 0 Å². The van der Waals surface area contributed by atoms with Gasteiger partial charge in [0.15, 0.2) is 13.2 Å². The number of halogens is 1. The summed E-state index contributed by atoms with van der Waals surface area (Å²) in [5.41, 5.74) is 0. The van der Waals surface area contributed by atoms with Gasteiger partial charge in [-0.3, -0.25) is 4.79 Å². The van der Waals surface area contributed by atoms with Gasteiger partial charge in [0.05, 0.1) is 6.54 Å². The first-order valence-electron chi connectivity index (χ1n) is 7.62. The van der Waals surface area contributed by atoms with E-state index in [4.69, 9.17) is 25.8 Å². The van der Waals surface area contributed by atoms with E-state index < -0.39 is 11.9 Å². The number of hydrogen-bond acceptors (Lipinski definition) is 5. The fourth-order valence-corrected chi connectivity index (χ4v) is 1.99. The summed E-state index contributed by atoms with van der Waals surface area (Å²) in [6.45, 7) is -0.0420. The first-order chi connectivity index (χ1) is 12.1. The van der Waals surface area contributed by atoms with Gasteiger partial charge in [-0.15, -0.1) is 0 Å². The van der Waals surface area contributed by atoms with Gasteiger partial charge in [0.1, 0.15) is 18.1 Å². The van der Waals surface area contributed by atoms with Crippen LogP contribution in [0.4, 0.5) is 0 Å². The van der Waals surface area contributed by atoms with E-state index in [9.17, 15) is 9.59 Å². The highest BCUT2D eigenvalue weighted by atomic mass is 35.5. The molecule has 0 aromatic heterocycles. The van der Waals surface area contributed by atoms with Gasteiger partial charge < -0.3 is 19.5 Å². The monoisotopic (exact) mass is 363 g/mol. The molecule has 0 unspecified atom stereocenters. The summed E-state index contributed by atoms with van der Waals surface area (Å²) in [5.74, 6) is 0.122. The zero-order chi connectivity index (χ0) is 17.9. The minimum absolute atomic E-state index is 0.301. The van der Waals surface area contributed by atoms with Crippen molar-refractivity contribution in [2.24, 2.45) is 0 Å². The number of esters is 1. The lowest BCUT2D eigenvalue weighted by Gasteiger charge is -2.09. The molecule has 0 atom stereocenters. The van der Waals surface area contributed by atoms with Crippen LogP contribution in [0.3, 0.4) is 0 Å². The van der Waals surface area contributed by atoms with Crippen molar-refractivity contribution in [3.63, 3.8) is 0 Å². The second kappa shape index (κ2) is 10.2. The minimum atomic E-state index is -0.643. The topological polar surface area (TPSA) is 73.9 Å². The van der Waals surface area contributed by atoms with Crippen molar-refractivity contribution in [1.29, 1.82) is 0 Å². The van der Waals surface area contributed by atoms with Crippen molar-refractivity contribution in [3.8, 4) is 11.5 Å². The quantitative estimate of drug-likeness (QED) is 0.547. The van der Waals surface area contributed by atoms with Crippen LogP contribution < -0.4 is 14.8 Å². The van der Waals surface area contributed by atoms with Crippen LogP contribution in [0.5, 0.6) is 11.5 Å². The lowest BCUT2D eigenvalue weighted by molar-refractivity contribution is -0.150. The van der Waals surface area contributed by atoms with Crippen molar-refractivity contribution >= 4 is 23.5 Å². The SMILES string of the molecule is O=C(COC(=O)COc1cccc(Cl)c1)NCCOc1ccccc1. The molecule has 1 amide bonds. The maximum atomic E-state index is 11.6. The van der Waals surface area contributed by atoms with Gasteiger partial charge in [-0.1, -0.05) is 35.9 Å². The van der Waals surface area contributed by atoms with Crippen LogP contribution in [0.15, 0.2) is 54.6 Å². The number of benzene rings is 2. The van der Waals surface area contributed by atoms with Gasteiger partial charge >= 0.3 is 5.97 Å². The molecule has 0 radical (unpaired) electrons. The summed E-state index contributed by atoms with van der Waals surface area (Å²) >= 11 is 5.80. The fourth-order valence-electron chi connectivity index (χ4n) is 1.81. The molecule has 6 nitrogen and oxygen atoms in total. The second-order valence-electron chi connectivity index (χ2n) is 4.92. The Morgan fingerprint density at radius 1 is 0.920 bits per heavy atom. The number of amides is 1. The van der Waals surface area contributed by atoms with Crippen molar-refractivity contribution < 1.29 is 23.8 Å². The van der Waals surface area contributed by atoms with E-state index in [1.165, 1.54) is 0 Å². The molecule has 0 fully saturated rings. The van der Waals surface area contributed by atoms with E-state index in [0.717, 1.165) is 5.75 Å². The smallest absolute Gasteiger partial charge is 0.344 e. The Morgan fingerprint density at radius 3 is 2.44 bits per heavy atom. The molecule has 1 N–H and O–H groups in total. The molecular weight excluding hydrogens is 346 g/mol. The third-order valence-corrected chi connectivity index (χ3v) is 3.19. The number of rotatable bonds is 9. The lowest BCUT2D eigenvalue weighted by Crippen LogP contribution is -2.32. The summed E-state index contributed by atoms with van der Waals surface area (Å²) < 4.78 is 15.5. The summed E-state index contributed by atoms with van der Waals surface area (Å²) in [4.78, 5) is 23.1. The number of carbonyl (C=O) groups excluding carboxylic acids is 2. The zero-order valence-electron chi connectivity index (χ0n) is 13.4. The summed E-state index contributed by atoms with van der Waals surface area (Å²) in [7, 11) is 0. The Morgan fingerprint density at radius 2 is 1.68 bits per heavy atom. The maximum Gasteiger partial charge on any atom is 0.344 e. The van der Waals surface area contributed by atoms with Crippen LogP contribution in [0.1, 0.15) is 0 Å². The van der Waals surface area contributed by atoms with Gasteiger partial charge in [0.2, 0.25) is 0 Å². The van der Waals surface area contributed by atoms with E-state index >= 15 is 0 Å². The van der Waals surface area contributed by atoms with Crippen LogP contribution in [0.2, 0.25) is 5.02 Å². The molecule has 7 heteroatoms. The number of para-hydroxylation sites is 1. The largest absolute Gasteiger partial charge is 0.492 e. The zero-order valence-corrected chi connectivity index (χ0v) is 14.2. The lowest BCUT2D eigenvalue weighted by atomic mass is 10.3. The number of nitrogens with one attached hydrogen (secondary N) is 1. The maximum absolute atomic E-state index is 11.6. The summed E-state index contributed by atoms with van der Waals surface area (Å²) in [5, 5.41) is 3.09. The molecule has 2 rings (SSSR count). The molecule has 0 bridgehead atoms. The van der Waals surface area contributed by atoms with Crippen LogP contribution in [-0.2, 0) is 14.3 Å². The van der Waals surface area contributed by atoms with E-state index in [2.05, 4.69) is 5.32 Å². The molecule has 132 valence electrons. The fraction of sp³-hybridized carbons (Fsp3) is 0.222. The predicted molar refractivity (Wildman–Crippen MR) is 92.9 cm³/mol. The third kappa shape index (κ3) is 7.58. The van der Waals surface area contributed by atoms with Crippen molar-refractivity contribution in [2.45, 2.75) is 0 Å². The summed E-state index contributed by atoms with van der Waals surface area (Å²) in [6, 6.07) is 15.9. The molecule has 0 saturated carbocycles. The number of ether oxygens (including phenoxy) is 3. The Hall–Kier alpha value is -2.73. The molecule has 0 saturated heterocycles. The van der Waals surface area contributed by atoms with E-state index in [1.54, 1.807) is 24.3 Å². The Labute approximate surface area is 150 Å². The van der Waals surface area contributed by atoms with E-state index in [0.29, 0.717) is 23.9 Å². The summed E-state index contributed by atoms with van der Waals surface area (Å²) in [6.07, 6.45) is 0. The molecule has 2 aromatic carbocycles. The molecule has 0 spiro atoms.